The summed E-state index contributed by atoms with van der Waals surface area (Å²) in [5.74, 6) is 4.81. The van der Waals surface area contributed by atoms with Crippen LogP contribution in [-0.4, -0.2) is 36.1 Å². The number of hydrogen-bond acceptors (Lipinski definition) is 4. The molecule has 228 valence electrons. The van der Waals surface area contributed by atoms with Gasteiger partial charge in [0, 0.05) is 38.8 Å². The predicted molar refractivity (Wildman–Crippen MR) is 191 cm³/mol. The molecule has 0 unspecified atom stereocenters. The minimum Gasteiger partial charge on any atom is -0.507 e. The van der Waals surface area contributed by atoms with Gasteiger partial charge in [-0.25, -0.2) is 14.8 Å². The van der Waals surface area contributed by atoms with Crippen molar-refractivity contribution >= 4 is 52.3 Å². The first kappa shape index (κ1) is 28.6. The number of aromatic amines is 2. The van der Waals surface area contributed by atoms with Crippen molar-refractivity contribution in [2.75, 3.05) is 0 Å². The van der Waals surface area contributed by atoms with Crippen LogP contribution in [0.5, 0.6) is 5.75 Å². The zero-order chi connectivity index (χ0) is 32.6. The molecule has 2 aliphatic heterocycles. The number of hydrogen-bond donors (Lipinski definition) is 4. The number of H-pyrrole nitrogens is 2. The first-order chi connectivity index (χ1) is 23.5. The Morgan fingerprint density at radius 2 is 1.10 bits per heavy atom. The van der Waals surface area contributed by atoms with Crippen molar-refractivity contribution in [1.82, 2.24) is 19.9 Å². The number of rotatable bonds is 3. The van der Waals surface area contributed by atoms with E-state index in [9.17, 15) is 15.0 Å². The lowest BCUT2D eigenvalue weighted by Gasteiger charge is -2.04. The van der Waals surface area contributed by atoms with Crippen LogP contribution in [0.3, 0.4) is 0 Å². The van der Waals surface area contributed by atoms with E-state index in [1.54, 1.807) is 6.07 Å². The van der Waals surface area contributed by atoms with E-state index in [0.717, 1.165) is 55.7 Å². The van der Waals surface area contributed by atoms with E-state index in [2.05, 4.69) is 76.4 Å². The summed E-state index contributed by atoms with van der Waals surface area (Å²) in [4.78, 5) is 28.9. The van der Waals surface area contributed by atoms with Gasteiger partial charge in [0.2, 0.25) is 0 Å². The number of nitrogens with one attached hydrogen (secondary N) is 2. The number of carboxylic acid groups (broad SMARTS) is 1. The number of carbonyl (C=O) groups is 1. The molecule has 7 nitrogen and oxygen atoms in total. The Morgan fingerprint density at radius 1 is 0.583 bits per heavy atom. The van der Waals surface area contributed by atoms with Gasteiger partial charge in [0.25, 0.3) is 0 Å². The Kier molecular flexibility index (Phi) is 7.01. The summed E-state index contributed by atoms with van der Waals surface area (Å²) >= 11 is 0. The Morgan fingerprint density at radius 3 is 1.60 bits per heavy atom. The van der Waals surface area contributed by atoms with Crippen LogP contribution in [-0.2, 0) is 0 Å². The molecule has 8 bridgehead atoms. The van der Waals surface area contributed by atoms with Gasteiger partial charge < -0.3 is 20.2 Å². The molecule has 5 heterocycles. The molecule has 0 saturated heterocycles. The Bertz CT molecular complexity index is 2410. The van der Waals surface area contributed by atoms with Crippen molar-refractivity contribution < 1.29 is 15.0 Å². The molecule has 0 radical (unpaired) electrons. The second-order valence-electron chi connectivity index (χ2n) is 11.4. The van der Waals surface area contributed by atoms with Crippen LogP contribution >= 0.6 is 0 Å². The predicted octanol–water partition coefficient (Wildman–Crippen LogP) is 8.79. The van der Waals surface area contributed by atoms with Crippen LogP contribution in [0.1, 0.15) is 44.3 Å². The first-order valence-corrected chi connectivity index (χ1v) is 15.3. The van der Waals surface area contributed by atoms with Crippen molar-refractivity contribution in [2.24, 2.45) is 0 Å². The maximum Gasteiger partial charge on any atom is 0.339 e. The second kappa shape index (κ2) is 11.8. The van der Waals surface area contributed by atoms with E-state index in [4.69, 9.17) is 9.97 Å². The molecule has 0 spiro atoms. The average molecular weight is 623 g/mol. The molecule has 8 rings (SSSR count). The fourth-order valence-corrected chi connectivity index (χ4v) is 6.01. The van der Waals surface area contributed by atoms with Gasteiger partial charge in [-0.3, -0.25) is 0 Å². The highest BCUT2D eigenvalue weighted by atomic mass is 16.4. The van der Waals surface area contributed by atoms with E-state index in [1.165, 1.54) is 12.1 Å². The van der Waals surface area contributed by atoms with Crippen molar-refractivity contribution in [3.63, 3.8) is 0 Å². The van der Waals surface area contributed by atoms with E-state index in [0.29, 0.717) is 22.5 Å². The number of phenols is 1. The van der Waals surface area contributed by atoms with Gasteiger partial charge >= 0.3 is 5.97 Å². The van der Waals surface area contributed by atoms with Crippen LogP contribution in [0.2, 0.25) is 0 Å². The normalized spacial score (nSPS) is 11.7. The first-order valence-electron chi connectivity index (χ1n) is 15.3. The molecular weight excluding hydrogens is 596 g/mol. The van der Waals surface area contributed by atoms with Crippen molar-refractivity contribution in [3.05, 3.63) is 149 Å². The maximum absolute atomic E-state index is 11.5. The highest BCUT2D eigenvalue weighted by Crippen LogP contribution is 2.33. The van der Waals surface area contributed by atoms with Crippen LogP contribution in [0.4, 0.5) is 0 Å². The minimum atomic E-state index is -1.21. The van der Waals surface area contributed by atoms with E-state index in [-0.39, 0.29) is 11.3 Å². The molecule has 4 N–H and O–H groups in total. The van der Waals surface area contributed by atoms with Crippen LogP contribution in [0, 0.1) is 11.8 Å². The van der Waals surface area contributed by atoms with Gasteiger partial charge in [0.15, 0.2) is 0 Å². The molecular formula is C41H26N4O3. The van der Waals surface area contributed by atoms with Gasteiger partial charge in [-0.15, -0.1) is 0 Å². The molecule has 7 heteroatoms. The highest BCUT2D eigenvalue weighted by molar-refractivity contribution is 5.94. The van der Waals surface area contributed by atoms with Gasteiger partial charge in [-0.2, -0.15) is 0 Å². The molecule has 3 aromatic carbocycles. The molecule has 48 heavy (non-hydrogen) atoms. The third-order valence-electron chi connectivity index (χ3n) is 8.26. The fourth-order valence-electron chi connectivity index (χ4n) is 6.01. The zero-order valence-corrected chi connectivity index (χ0v) is 25.4. The average Bonchev–Trinajstić information content (AvgIpc) is 3.93. The molecule has 6 aromatic rings. The lowest BCUT2D eigenvalue weighted by Crippen LogP contribution is -1.96. The Hall–Kier alpha value is -6.91. The third kappa shape index (κ3) is 5.34. The number of benzene rings is 3. The molecule has 0 amide bonds. The third-order valence-corrected chi connectivity index (χ3v) is 8.26. The molecule has 0 fully saturated rings. The summed E-state index contributed by atoms with van der Waals surface area (Å²) in [6.45, 7) is 0. The molecule has 0 atom stereocenters. The van der Waals surface area contributed by atoms with Crippen molar-refractivity contribution in [2.45, 2.75) is 0 Å². The summed E-state index contributed by atoms with van der Waals surface area (Å²) < 4.78 is 0. The SMILES string of the molecule is O=C(O)c1ccc(C#Cc2c3nc(c(-c4ccccc4)c4ccc(cc5ccc([nH]5)c(-c5ccccc5)c5nc2C=C5)[nH]4)C=C3)cc1O. The van der Waals surface area contributed by atoms with Crippen molar-refractivity contribution in [3.8, 4) is 39.8 Å². The van der Waals surface area contributed by atoms with Gasteiger partial charge in [0.1, 0.15) is 11.3 Å². The second-order valence-corrected chi connectivity index (χ2v) is 11.4. The van der Waals surface area contributed by atoms with Gasteiger partial charge in [-0.05, 0) is 84.0 Å². The molecule has 0 saturated carbocycles. The molecule has 0 aliphatic carbocycles. The van der Waals surface area contributed by atoms with Gasteiger partial charge in [-0.1, -0.05) is 72.5 Å². The lowest BCUT2D eigenvalue weighted by atomic mass is 10.0. The van der Waals surface area contributed by atoms with Gasteiger partial charge in [0.05, 0.1) is 28.3 Å². The van der Waals surface area contributed by atoms with Crippen molar-refractivity contribution in [1.29, 1.82) is 0 Å². The number of fused-ring (bicyclic) bond motifs is 8. The quantitative estimate of drug-likeness (QED) is 0.147. The summed E-state index contributed by atoms with van der Waals surface area (Å²) in [6, 6.07) is 34.8. The summed E-state index contributed by atoms with van der Waals surface area (Å²) in [5.41, 5.74) is 11.3. The minimum absolute atomic E-state index is 0.187. The smallest absolute Gasteiger partial charge is 0.339 e. The summed E-state index contributed by atoms with van der Waals surface area (Å²) in [6.07, 6.45) is 7.84. The summed E-state index contributed by atoms with van der Waals surface area (Å²) in [5, 5.41) is 19.7. The Balaban J connectivity index is 1.47. The Labute approximate surface area is 275 Å². The molecule has 2 aliphatic rings. The highest BCUT2D eigenvalue weighted by Gasteiger charge is 2.17. The zero-order valence-electron chi connectivity index (χ0n) is 25.4. The number of nitrogens with zero attached hydrogens (tertiary/aromatic N) is 2. The van der Waals surface area contributed by atoms with E-state index in [1.807, 2.05) is 60.7 Å². The van der Waals surface area contributed by atoms with E-state index < -0.39 is 5.97 Å². The molecule has 3 aromatic heterocycles. The van der Waals surface area contributed by atoms with Crippen LogP contribution in [0.25, 0.3) is 68.6 Å². The fraction of sp³-hybridized carbons (Fsp3) is 0. The standard InChI is InChI=1S/C41H26N4O3/c46-38-23-25(12-16-31(38)41(47)48)11-15-30-32-19-21-36(44-32)39(26-7-3-1-4-8-26)34-17-13-28(42-34)24-29-14-18-35(43-29)40(27-9-5-2-6-10-27)37-22-20-33(30)45-37/h1-10,12-14,16-24,42-43,46H,(H,47,48). The largest absolute Gasteiger partial charge is 0.507 e. The number of aromatic carboxylic acids is 1. The van der Waals surface area contributed by atoms with Crippen LogP contribution < -0.4 is 0 Å². The van der Waals surface area contributed by atoms with Crippen LogP contribution in [0.15, 0.2) is 109 Å². The number of aromatic nitrogens is 4. The van der Waals surface area contributed by atoms with E-state index >= 15 is 0 Å². The topological polar surface area (TPSA) is 115 Å². The maximum atomic E-state index is 11.5. The number of aromatic hydroxyl groups is 1. The number of carboxylic acids is 1. The summed E-state index contributed by atoms with van der Waals surface area (Å²) in [7, 11) is 0. The monoisotopic (exact) mass is 622 g/mol. The lowest BCUT2D eigenvalue weighted by molar-refractivity contribution is 0.0693.